The maximum absolute atomic E-state index is 9.87. The Hall–Kier alpha value is -0.740. The summed E-state index contributed by atoms with van der Waals surface area (Å²) in [5.74, 6) is 1.32. The van der Waals surface area contributed by atoms with E-state index in [2.05, 4.69) is 15.9 Å². The Labute approximate surface area is 90.8 Å². The Morgan fingerprint density at radius 3 is 3.07 bits per heavy atom. The number of aliphatic hydroxyl groups excluding tert-OH is 1. The average Bonchev–Trinajstić information content (AvgIpc) is 2.23. The predicted molar refractivity (Wildman–Crippen MR) is 56.2 cm³/mol. The number of ether oxygens (including phenoxy) is 2. The van der Waals surface area contributed by atoms with Crippen LogP contribution in [0.4, 0.5) is 0 Å². The van der Waals surface area contributed by atoms with Gasteiger partial charge in [0.25, 0.3) is 0 Å². The molecular formula is C10H11BrO3. The van der Waals surface area contributed by atoms with Crippen molar-refractivity contribution in [2.75, 3.05) is 13.7 Å². The fourth-order valence-corrected chi connectivity index (χ4v) is 1.95. The van der Waals surface area contributed by atoms with Gasteiger partial charge in [-0.3, -0.25) is 0 Å². The van der Waals surface area contributed by atoms with Gasteiger partial charge in [0, 0.05) is 5.56 Å². The van der Waals surface area contributed by atoms with Gasteiger partial charge < -0.3 is 14.6 Å². The van der Waals surface area contributed by atoms with Crippen LogP contribution < -0.4 is 9.47 Å². The van der Waals surface area contributed by atoms with Gasteiger partial charge in [-0.25, -0.2) is 0 Å². The van der Waals surface area contributed by atoms with Crippen molar-refractivity contribution in [3.63, 3.8) is 0 Å². The predicted octanol–water partition coefficient (Wildman–Crippen LogP) is 1.88. The summed E-state index contributed by atoms with van der Waals surface area (Å²) in [6.07, 6.45) is -0.533. The molecule has 2 atom stereocenters. The highest BCUT2D eigenvalue weighted by atomic mass is 79.9. The summed E-state index contributed by atoms with van der Waals surface area (Å²) in [6, 6.07) is 5.51. The Kier molecular flexibility index (Phi) is 2.65. The van der Waals surface area contributed by atoms with E-state index < -0.39 is 6.10 Å². The average molecular weight is 259 g/mol. The van der Waals surface area contributed by atoms with Crippen LogP contribution in [-0.4, -0.2) is 23.7 Å². The summed E-state index contributed by atoms with van der Waals surface area (Å²) in [5, 5.41) is 9.87. The van der Waals surface area contributed by atoms with Crippen LogP contribution in [0.25, 0.3) is 0 Å². The molecule has 2 rings (SSSR count). The molecular weight excluding hydrogens is 248 g/mol. The van der Waals surface area contributed by atoms with Gasteiger partial charge in [-0.15, -0.1) is 0 Å². The lowest BCUT2D eigenvalue weighted by Gasteiger charge is -2.27. The second kappa shape index (κ2) is 3.79. The van der Waals surface area contributed by atoms with Gasteiger partial charge in [-0.1, -0.05) is 28.1 Å². The molecule has 1 aliphatic rings. The fraction of sp³-hybridized carbons (Fsp3) is 0.400. The molecule has 1 aromatic carbocycles. The van der Waals surface area contributed by atoms with E-state index in [4.69, 9.17) is 9.47 Å². The molecule has 0 aromatic heterocycles. The highest BCUT2D eigenvalue weighted by Gasteiger charge is 2.29. The highest BCUT2D eigenvalue weighted by Crippen LogP contribution is 2.40. The first-order valence-electron chi connectivity index (χ1n) is 4.36. The van der Waals surface area contributed by atoms with Gasteiger partial charge in [0.05, 0.1) is 18.0 Å². The molecule has 0 aliphatic carbocycles. The maximum Gasteiger partial charge on any atom is 0.167 e. The molecule has 0 amide bonds. The van der Waals surface area contributed by atoms with Crippen LogP contribution in [0.15, 0.2) is 18.2 Å². The summed E-state index contributed by atoms with van der Waals surface area (Å²) in [6.45, 7) is 0.453. The lowest BCUT2D eigenvalue weighted by molar-refractivity contribution is 0.122. The molecule has 0 bridgehead atoms. The molecule has 0 fully saturated rings. The third kappa shape index (κ3) is 1.48. The van der Waals surface area contributed by atoms with Crippen LogP contribution in [0.1, 0.15) is 11.7 Å². The number of methoxy groups -OCH3 is 1. The summed E-state index contributed by atoms with van der Waals surface area (Å²) in [7, 11) is 1.59. The first kappa shape index (κ1) is 9.80. The van der Waals surface area contributed by atoms with E-state index in [-0.39, 0.29) is 4.83 Å². The van der Waals surface area contributed by atoms with E-state index >= 15 is 0 Å². The quantitative estimate of drug-likeness (QED) is 0.782. The molecule has 0 saturated carbocycles. The van der Waals surface area contributed by atoms with E-state index in [0.29, 0.717) is 18.1 Å². The number of hydrogen-bond donors (Lipinski definition) is 1. The lowest BCUT2D eigenvalue weighted by atomic mass is 10.0. The Morgan fingerprint density at radius 2 is 2.36 bits per heavy atom. The molecule has 1 aromatic rings. The SMILES string of the molecule is COc1cccc2c1OC[C@H](Br)[C@H]2O. The van der Waals surface area contributed by atoms with Crippen LogP contribution in [0.2, 0.25) is 0 Å². The Morgan fingerprint density at radius 1 is 1.57 bits per heavy atom. The Balaban J connectivity index is 2.47. The second-order valence-corrected chi connectivity index (χ2v) is 4.33. The standard InChI is InChI=1S/C10H11BrO3/c1-13-8-4-2-3-6-9(12)7(11)5-14-10(6)8/h2-4,7,9,12H,5H2,1H3/t7-,9-/m0/s1. The van der Waals surface area contributed by atoms with E-state index in [1.54, 1.807) is 7.11 Å². The highest BCUT2D eigenvalue weighted by molar-refractivity contribution is 9.09. The second-order valence-electron chi connectivity index (χ2n) is 3.15. The minimum atomic E-state index is -0.533. The molecule has 0 radical (unpaired) electrons. The molecule has 3 nitrogen and oxygen atoms in total. The van der Waals surface area contributed by atoms with Crippen molar-refractivity contribution >= 4 is 15.9 Å². The monoisotopic (exact) mass is 258 g/mol. The van der Waals surface area contributed by atoms with Gasteiger partial charge in [-0.05, 0) is 6.07 Å². The first-order chi connectivity index (χ1) is 6.74. The molecule has 0 spiro atoms. The smallest absolute Gasteiger partial charge is 0.167 e. The van der Waals surface area contributed by atoms with Crippen molar-refractivity contribution in [3.05, 3.63) is 23.8 Å². The zero-order chi connectivity index (χ0) is 10.1. The maximum atomic E-state index is 9.87. The van der Waals surface area contributed by atoms with E-state index in [0.717, 1.165) is 5.56 Å². The fourth-order valence-electron chi connectivity index (χ4n) is 1.53. The van der Waals surface area contributed by atoms with Gasteiger partial charge in [-0.2, -0.15) is 0 Å². The third-order valence-corrected chi connectivity index (χ3v) is 3.04. The normalized spacial score (nSPS) is 25.1. The molecule has 1 heterocycles. The third-order valence-electron chi connectivity index (χ3n) is 2.28. The van der Waals surface area contributed by atoms with Crippen molar-refractivity contribution in [2.24, 2.45) is 0 Å². The zero-order valence-electron chi connectivity index (χ0n) is 7.74. The molecule has 1 aliphatic heterocycles. The van der Waals surface area contributed by atoms with Crippen LogP contribution in [0.5, 0.6) is 11.5 Å². The molecule has 76 valence electrons. The van der Waals surface area contributed by atoms with Gasteiger partial charge >= 0.3 is 0 Å². The number of hydrogen-bond acceptors (Lipinski definition) is 3. The van der Waals surface area contributed by atoms with Crippen molar-refractivity contribution < 1.29 is 14.6 Å². The number of aliphatic hydroxyl groups is 1. The summed E-state index contributed by atoms with van der Waals surface area (Å²) in [4.78, 5) is -0.0536. The number of rotatable bonds is 1. The van der Waals surface area contributed by atoms with E-state index in [9.17, 15) is 5.11 Å². The molecule has 0 unspecified atom stereocenters. The zero-order valence-corrected chi connectivity index (χ0v) is 9.32. The lowest BCUT2D eigenvalue weighted by Crippen LogP contribution is -2.26. The van der Waals surface area contributed by atoms with Gasteiger partial charge in [0.2, 0.25) is 0 Å². The van der Waals surface area contributed by atoms with Crippen molar-refractivity contribution in [1.29, 1.82) is 0 Å². The van der Waals surface area contributed by atoms with Crippen LogP contribution in [0, 0.1) is 0 Å². The Bertz CT molecular complexity index is 340. The largest absolute Gasteiger partial charge is 0.493 e. The van der Waals surface area contributed by atoms with Crippen LogP contribution >= 0.6 is 15.9 Å². The van der Waals surface area contributed by atoms with Crippen molar-refractivity contribution in [2.45, 2.75) is 10.9 Å². The molecule has 4 heteroatoms. The number of para-hydroxylation sites is 1. The number of alkyl halides is 1. The van der Waals surface area contributed by atoms with Crippen LogP contribution in [-0.2, 0) is 0 Å². The van der Waals surface area contributed by atoms with E-state index in [1.165, 1.54) is 0 Å². The van der Waals surface area contributed by atoms with Crippen molar-refractivity contribution in [3.8, 4) is 11.5 Å². The topological polar surface area (TPSA) is 38.7 Å². The number of benzene rings is 1. The minimum absolute atomic E-state index is 0.0536. The summed E-state index contributed by atoms with van der Waals surface area (Å²) in [5.41, 5.74) is 0.775. The van der Waals surface area contributed by atoms with Crippen molar-refractivity contribution in [1.82, 2.24) is 0 Å². The van der Waals surface area contributed by atoms with Gasteiger partial charge in [0.1, 0.15) is 6.61 Å². The van der Waals surface area contributed by atoms with Gasteiger partial charge in [0.15, 0.2) is 11.5 Å². The molecule has 1 N–H and O–H groups in total. The minimum Gasteiger partial charge on any atom is -0.493 e. The van der Waals surface area contributed by atoms with Crippen LogP contribution in [0.3, 0.4) is 0 Å². The van der Waals surface area contributed by atoms with E-state index in [1.807, 2.05) is 18.2 Å². The first-order valence-corrected chi connectivity index (χ1v) is 5.27. The molecule has 14 heavy (non-hydrogen) atoms. The summed E-state index contributed by atoms with van der Waals surface area (Å²) < 4.78 is 10.6. The molecule has 0 saturated heterocycles. The number of fused-ring (bicyclic) bond motifs is 1. The summed E-state index contributed by atoms with van der Waals surface area (Å²) >= 11 is 3.35. The number of halogens is 1.